The van der Waals surface area contributed by atoms with Crippen LogP contribution in [0, 0.1) is 0 Å². The van der Waals surface area contributed by atoms with Crippen molar-refractivity contribution in [2.75, 3.05) is 0 Å². The maximum absolute atomic E-state index is 10.5. The number of nitrogens with zero attached hydrogens (tertiary/aromatic N) is 1. The molecule has 0 radical (unpaired) electrons. The first-order valence-electron chi connectivity index (χ1n) is 4.47. The highest BCUT2D eigenvalue weighted by Gasteiger charge is 2.13. The SMILES string of the molecule is CCC(CC)c1cc(C(=O)O)n[nH]1. The number of carboxylic acid groups (broad SMARTS) is 1. The third-order valence-electron chi connectivity index (χ3n) is 2.24. The Balaban J connectivity index is 2.84. The van der Waals surface area contributed by atoms with E-state index in [1.54, 1.807) is 6.07 Å². The number of aromatic amines is 1. The quantitative estimate of drug-likeness (QED) is 0.748. The molecule has 0 bridgehead atoms. The highest BCUT2D eigenvalue weighted by molar-refractivity contribution is 5.85. The normalized spacial score (nSPS) is 10.7. The lowest BCUT2D eigenvalue weighted by molar-refractivity contribution is 0.0690. The van der Waals surface area contributed by atoms with Gasteiger partial charge in [0, 0.05) is 11.6 Å². The third-order valence-corrected chi connectivity index (χ3v) is 2.24. The molecule has 1 aromatic heterocycles. The molecular weight excluding hydrogens is 168 g/mol. The van der Waals surface area contributed by atoms with Crippen molar-refractivity contribution >= 4 is 5.97 Å². The Morgan fingerprint density at radius 1 is 1.62 bits per heavy atom. The van der Waals surface area contributed by atoms with Crippen molar-refractivity contribution < 1.29 is 9.90 Å². The molecule has 0 fully saturated rings. The molecule has 0 saturated heterocycles. The summed E-state index contributed by atoms with van der Waals surface area (Å²) in [5.41, 5.74) is 1.02. The minimum atomic E-state index is -0.978. The van der Waals surface area contributed by atoms with Gasteiger partial charge in [-0.15, -0.1) is 0 Å². The van der Waals surface area contributed by atoms with Crippen LogP contribution in [-0.2, 0) is 0 Å². The number of aromatic carboxylic acids is 1. The van der Waals surface area contributed by atoms with Crippen LogP contribution in [0.2, 0.25) is 0 Å². The van der Waals surface area contributed by atoms with Gasteiger partial charge in [0.1, 0.15) is 0 Å². The zero-order valence-electron chi connectivity index (χ0n) is 7.87. The van der Waals surface area contributed by atoms with Crippen LogP contribution >= 0.6 is 0 Å². The number of hydrogen-bond acceptors (Lipinski definition) is 2. The van der Waals surface area contributed by atoms with E-state index in [9.17, 15) is 4.79 Å². The predicted octanol–water partition coefficient (Wildman–Crippen LogP) is 2.01. The van der Waals surface area contributed by atoms with Gasteiger partial charge in [-0.25, -0.2) is 4.79 Å². The van der Waals surface area contributed by atoms with Gasteiger partial charge in [0.2, 0.25) is 0 Å². The summed E-state index contributed by atoms with van der Waals surface area (Å²) in [7, 11) is 0. The fraction of sp³-hybridized carbons (Fsp3) is 0.556. The summed E-state index contributed by atoms with van der Waals surface area (Å²) in [4.78, 5) is 10.5. The van der Waals surface area contributed by atoms with Crippen LogP contribution in [0.25, 0.3) is 0 Å². The second kappa shape index (κ2) is 4.07. The maximum atomic E-state index is 10.5. The number of H-pyrrole nitrogens is 1. The largest absolute Gasteiger partial charge is 0.476 e. The minimum absolute atomic E-state index is 0.0990. The van der Waals surface area contributed by atoms with E-state index in [1.165, 1.54) is 0 Å². The van der Waals surface area contributed by atoms with E-state index < -0.39 is 5.97 Å². The first kappa shape index (κ1) is 9.77. The van der Waals surface area contributed by atoms with Gasteiger partial charge < -0.3 is 5.11 Å². The van der Waals surface area contributed by atoms with Gasteiger partial charge in [0.05, 0.1) is 0 Å². The molecule has 1 heterocycles. The van der Waals surface area contributed by atoms with E-state index in [1.807, 2.05) is 0 Å². The van der Waals surface area contributed by atoms with Crippen LogP contribution in [0.4, 0.5) is 0 Å². The number of carbonyl (C=O) groups is 1. The second-order valence-corrected chi connectivity index (χ2v) is 3.03. The Hall–Kier alpha value is -1.32. The van der Waals surface area contributed by atoms with Crippen molar-refractivity contribution in [1.29, 1.82) is 0 Å². The number of rotatable bonds is 4. The van der Waals surface area contributed by atoms with E-state index in [0.29, 0.717) is 5.92 Å². The summed E-state index contributed by atoms with van der Waals surface area (Å²) in [5.74, 6) is -0.589. The van der Waals surface area contributed by atoms with Crippen molar-refractivity contribution in [1.82, 2.24) is 10.2 Å². The molecule has 13 heavy (non-hydrogen) atoms. The minimum Gasteiger partial charge on any atom is -0.476 e. The van der Waals surface area contributed by atoms with Crippen LogP contribution < -0.4 is 0 Å². The molecule has 0 atom stereocenters. The number of aromatic nitrogens is 2. The molecule has 1 aromatic rings. The molecule has 0 saturated carbocycles. The average Bonchev–Trinajstić information content (AvgIpc) is 2.56. The second-order valence-electron chi connectivity index (χ2n) is 3.03. The van der Waals surface area contributed by atoms with Gasteiger partial charge in [-0.2, -0.15) is 5.10 Å². The van der Waals surface area contributed by atoms with Crippen molar-refractivity contribution in [2.45, 2.75) is 32.6 Å². The van der Waals surface area contributed by atoms with Gasteiger partial charge in [-0.3, -0.25) is 5.10 Å². The van der Waals surface area contributed by atoms with Gasteiger partial charge in [0.15, 0.2) is 5.69 Å². The zero-order chi connectivity index (χ0) is 9.84. The monoisotopic (exact) mass is 182 g/mol. The number of nitrogens with one attached hydrogen (secondary N) is 1. The Morgan fingerprint density at radius 3 is 2.62 bits per heavy atom. The first-order chi connectivity index (χ1) is 6.19. The zero-order valence-corrected chi connectivity index (χ0v) is 7.87. The Bertz CT molecular complexity index is 290. The molecule has 1 rings (SSSR count). The van der Waals surface area contributed by atoms with E-state index in [-0.39, 0.29) is 5.69 Å². The standard InChI is InChI=1S/C9H14N2O2/c1-3-6(4-2)7-5-8(9(12)13)11-10-7/h5-6H,3-4H2,1-2H3,(H,10,11)(H,12,13). The smallest absolute Gasteiger partial charge is 0.356 e. The van der Waals surface area contributed by atoms with E-state index in [2.05, 4.69) is 24.0 Å². The Morgan fingerprint density at radius 2 is 2.23 bits per heavy atom. The molecule has 0 aromatic carbocycles. The molecule has 0 unspecified atom stereocenters. The van der Waals surface area contributed by atoms with Gasteiger partial charge >= 0.3 is 5.97 Å². The third kappa shape index (κ3) is 2.08. The molecule has 4 heteroatoms. The molecular formula is C9H14N2O2. The van der Waals surface area contributed by atoms with Crippen molar-refractivity contribution in [3.63, 3.8) is 0 Å². The topological polar surface area (TPSA) is 66.0 Å². The molecule has 0 amide bonds. The molecule has 0 aliphatic carbocycles. The summed E-state index contributed by atoms with van der Waals surface area (Å²) in [6.07, 6.45) is 2.00. The van der Waals surface area contributed by atoms with Crippen LogP contribution in [-0.4, -0.2) is 21.3 Å². The lowest BCUT2D eigenvalue weighted by Crippen LogP contribution is -1.96. The van der Waals surface area contributed by atoms with Gasteiger partial charge in [-0.1, -0.05) is 13.8 Å². The molecule has 72 valence electrons. The van der Waals surface area contributed by atoms with E-state index >= 15 is 0 Å². The van der Waals surface area contributed by atoms with Gasteiger partial charge in [0.25, 0.3) is 0 Å². The molecule has 4 nitrogen and oxygen atoms in total. The van der Waals surface area contributed by atoms with Crippen molar-refractivity contribution in [3.8, 4) is 0 Å². The Kier molecular flexibility index (Phi) is 3.06. The van der Waals surface area contributed by atoms with Crippen molar-refractivity contribution in [2.24, 2.45) is 0 Å². The van der Waals surface area contributed by atoms with Crippen LogP contribution in [0.3, 0.4) is 0 Å². The maximum Gasteiger partial charge on any atom is 0.356 e. The Labute approximate surface area is 77.0 Å². The number of hydrogen-bond donors (Lipinski definition) is 2. The lowest BCUT2D eigenvalue weighted by atomic mass is 9.99. The highest BCUT2D eigenvalue weighted by atomic mass is 16.4. The summed E-state index contributed by atoms with van der Waals surface area (Å²) in [6.45, 7) is 4.16. The van der Waals surface area contributed by atoms with E-state index in [0.717, 1.165) is 18.5 Å². The van der Waals surface area contributed by atoms with Gasteiger partial charge in [-0.05, 0) is 18.9 Å². The molecule has 0 aliphatic rings. The molecule has 0 spiro atoms. The van der Waals surface area contributed by atoms with Crippen LogP contribution in [0.15, 0.2) is 6.07 Å². The summed E-state index contributed by atoms with van der Waals surface area (Å²) in [5, 5.41) is 15.1. The van der Waals surface area contributed by atoms with Crippen molar-refractivity contribution in [3.05, 3.63) is 17.5 Å². The molecule has 2 N–H and O–H groups in total. The van der Waals surface area contributed by atoms with Crippen LogP contribution in [0.5, 0.6) is 0 Å². The summed E-state index contributed by atoms with van der Waals surface area (Å²) >= 11 is 0. The molecule has 0 aliphatic heterocycles. The average molecular weight is 182 g/mol. The fourth-order valence-corrected chi connectivity index (χ4v) is 1.38. The summed E-state index contributed by atoms with van der Waals surface area (Å²) in [6, 6.07) is 1.61. The fourth-order valence-electron chi connectivity index (χ4n) is 1.38. The van der Waals surface area contributed by atoms with E-state index in [4.69, 9.17) is 5.11 Å². The first-order valence-corrected chi connectivity index (χ1v) is 4.47. The van der Waals surface area contributed by atoms with Crippen LogP contribution in [0.1, 0.15) is 48.8 Å². The summed E-state index contributed by atoms with van der Waals surface area (Å²) < 4.78 is 0. The lowest BCUT2D eigenvalue weighted by Gasteiger charge is -2.07. The highest BCUT2D eigenvalue weighted by Crippen LogP contribution is 2.21. The number of carboxylic acids is 1. The predicted molar refractivity (Wildman–Crippen MR) is 48.9 cm³/mol.